The Morgan fingerprint density at radius 1 is 1.50 bits per heavy atom. The fraction of sp³-hybridized carbons (Fsp3) is 0.625. The molecule has 0 radical (unpaired) electrons. The minimum absolute atomic E-state index is 0.0381. The maximum Gasteiger partial charge on any atom is 0.333 e. The molecule has 0 aromatic rings. The minimum Gasteiger partial charge on any atom is -0.459 e. The molecule has 10 heavy (non-hydrogen) atoms. The lowest BCUT2D eigenvalue weighted by atomic mass is 10.0. The first-order chi connectivity index (χ1) is 4.61. The molecule has 0 saturated carbocycles. The minimum atomic E-state index is -0.175. The van der Waals surface area contributed by atoms with E-state index < -0.39 is 0 Å². The van der Waals surface area contributed by atoms with Gasteiger partial charge in [0.15, 0.2) is 0 Å². The molecule has 0 unspecified atom stereocenters. The normalized spacial score (nSPS) is 33.1. The molecule has 2 heteroatoms. The van der Waals surface area contributed by atoms with Crippen LogP contribution in [0.5, 0.6) is 0 Å². The van der Waals surface area contributed by atoms with E-state index in [1.165, 1.54) is 0 Å². The van der Waals surface area contributed by atoms with Crippen LogP contribution in [0.1, 0.15) is 20.8 Å². The fourth-order valence-electron chi connectivity index (χ4n) is 0.967. The Morgan fingerprint density at radius 3 is 2.60 bits per heavy atom. The van der Waals surface area contributed by atoms with E-state index in [9.17, 15) is 4.79 Å². The quantitative estimate of drug-likeness (QED) is 0.477. The fourth-order valence-corrected chi connectivity index (χ4v) is 0.967. The van der Waals surface area contributed by atoms with Crippen molar-refractivity contribution in [2.75, 3.05) is 0 Å². The van der Waals surface area contributed by atoms with Gasteiger partial charge >= 0.3 is 5.97 Å². The molecule has 0 spiro atoms. The summed E-state index contributed by atoms with van der Waals surface area (Å²) in [5, 5.41) is 0. The number of esters is 1. The Bertz CT molecular complexity index is 182. The summed E-state index contributed by atoms with van der Waals surface area (Å²) in [5.41, 5.74) is 0.727. The van der Waals surface area contributed by atoms with Crippen LogP contribution in [0.4, 0.5) is 0 Å². The monoisotopic (exact) mass is 140 g/mol. The van der Waals surface area contributed by atoms with Crippen LogP contribution in [-0.4, -0.2) is 12.1 Å². The van der Waals surface area contributed by atoms with E-state index in [2.05, 4.69) is 0 Å². The van der Waals surface area contributed by atoms with Crippen LogP contribution >= 0.6 is 0 Å². The maximum absolute atomic E-state index is 10.9. The third kappa shape index (κ3) is 1.20. The summed E-state index contributed by atoms with van der Waals surface area (Å²) in [4.78, 5) is 10.9. The second kappa shape index (κ2) is 2.45. The van der Waals surface area contributed by atoms with Crippen molar-refractivity contribution in [2.45, 2.75) is 26.9 Å². The van der Waals surface area contributed by atoms with E-state index in [1.54, 1.807) is 6.92 Å². The molecule has 0 amide bonds. The van der Waals surface area contributed by atoms with Gasteiger partial charge < -0.3 is 4.74 Å². The molecule has 0 aromatic carbocycles. The molecular weight excluding hydrogens is 128 g/mol. The first-order valence-corrected chi connectivity index (χ1v) is 3.50. The summed E-state index contributed by atoms with van der Waals surface area (Å²) in [5.74, 6) is 0.184. The molecule has 0 fully saturated rings. The molecule has 1 aliphatic heterocycles. The summed E-state index contributed by atoms with van der Waals surface area (Å²) < 4.78 is 5.00. The zero-order valence-corrected chi connectivity index (χ0v) is 6.55. The van der Waals surface area contributed by atoms with Crippen molar-refractivity contribution in [1.29, 1.82) is 0 Å². The SMILES string of the molecule is CC1=C[C@@H](C)[C@@H](C)OC1=O. The third-order valence-corrected chi connectivity index (χ3v) is 1.87. The van der Waals surface area contributed by atoms with Gasteiger partial charge in [-0.1, -0.05) is 13.0 Å². The molecule has 0 aliphatic carbocycles. The van der Waals surface area contributed by atoms with Crippen molar-refractivity contribution in [2.24, 2.45) is 5.92 Å². The van der Waals surface area contributed by atoms with Crippen molar-refractivity contribution >= 4 is 5.97 Å². The third-order valence-electron chi connectivity index (χ3n) is 1.87. The summed E-state index contributed by atoms with van der Waals surface area (Å²) in [7, 11) is 0. The van der Waals surface area contributed by atoms with Crippen LogP contribution in [0, 0.1) is 5.92 Å². The number of rotatable bonds is 0. The highest BCUT2D eigenvalue weighted by Crippen LogP contribution is 2.18. The van der Waals surface area contributed by atoms with E-state index >= 15 is 0 Å². The Labute approximate surface area is 60.9 Å². The Kier molecular flexibility index (Phi) is 1.79. The van der Waals surface area contributed by atoms with Gasteiger partial charge in [0.05, 0.1) is 0 Å². The predicted octanol–water partition coefficient (Wildman–Crippen LogP) is 1.51. The molecule has 0 N–H and O–H groups in total. The van der Waals surface area contributed by atoms with Gasteiger partial charge in [0, 0.05) is 11.5 Å². The van der Waals surface area contributed by atoms with Crippen LogP contribution in [-0.2, 0) is 9.53 Å². The number of hydrogen-bond donors (Lipinski definition) is 0. The largest absolute Gasteiger partial charge is 0.459 e. The summed E-state index contributed by atoms with van der Waals surface area (Å²) in [6, 6.07) is 0. The van der Waals surface area contributed by atoms with Crippen molar-refractivity contribution in [3.8, 4) is 0 Å². The molecule has 2 nitrogen and oxygen atoms in total. The van der Waals surface area contributed by atoms with Crippen LogP contribution < -0.4 is 0 Å². The standard InChI is InChI=1S/C8H12O2/c1-5-4-6(2)8(9)10-7(5)3/h4-5,7H,1-3H3/t5-,7-/m1/s1. The lowest BCUT2D eigenvalue weighted by Crippen LogP contribution is -2.26. The van der Waals surface area contributed by atoms with Crippen LogP contribution in [0.3, 0.4) is 0 Å². The molecule has 1 rings (SSSR count). The molecular formula is C8H12O2. The highest BCUT2D eigenvalue weighted by Gasteiger charge is 2.21. The average Bonchev–Trinajstić information content (AvgIpc) is 1.84. The molecule has 0 aromatic heterocycles. The lowest BCUT2D eigenvalue weighted by Gasteiger charge is -2.22. The smallest absolute Gasteiger partial charge is 0.333 e. The van der Waals surface area contributed by atoms with E-state index in [0.29, 0.717) is 5.92 Å². The zero-order valence-electron chi connectivity index (χ0n) is 6.55. The lowest BCUT2D eigenvalue weighted by molar-refractivity contribution is -0.146. The number of hydrogen-bond acceptors (Lipinski definition) is 2. The second-order valence-electron chi connectivity index (χ2n) is 2.82. The van der Waals surface area contributed by atoms with Gasteiger partial charge in [0.2, 0.25) is 0 Å². The summed E-state index contributed by atoms with van der Waals surface area (Å²) in [6.07, 6.45) is 1.99. The molecule has 1 aliphatic rings. The van der Waals surface area contributed by atoms with Gasteiger partial charge in [-0.05, 0) is 13.8 Å². The van der Waals surface area contributed by atoms with Gasteiger partial charge in [-0.3, -0.25) is 0 Å². The first-order valence-electron chi connectivity index (χ1n) is 3.50. The summed E-state index contributed by atoms with van der Waals surface area (Å²) >= 11 is 0. The molecule has 2 atom stereocenters. The number of carbonyl (C=O) groups is 1. The highest BCUT2D eigenvalue weighted by molar-refractivity contribution is 5.88. The van der Waals surface area contributed by atoms with E-state index in [-0.39, 0.29) is 12.1 Å². The van der Waals surface area contributed by atoms with Gasteiger partial charge in [-0.2, -0.15) is 0 Å². The van der Waals surface area contributed by atoms with Crippen molar-refractivity contribution < 1.29 is 9.53 Å². The zero-order chi connectivity index (χ0) is 7.72. The van der Waals surface area contributed by atoms with Crippen molar-refractivity contribution in [3.63, 3.8) is 0 Å². The van der Waals surface area contributed by atoms with Crippen molar-refractivity contribution in [1.82, 2.24) is 0 Å². The van der Waals surface area contributed by atoms with Gasteiger partial charge in [-0.25, -0.2) is 4.79 Å². The second-order valence-corrected chi connectivity index (χ2v) is 2.82. The Balaban J connectivity index is 2.79. The first kappa shape index (κ1) is 7.32. The van der Waals surface area contributed by atoms with E-state index in [0.717, 1.165) is 5.57 Å². The molecule has 1 heterocycles. The van der Waals surface area contributed by atoms with Gasteiger partial charge in [0.1, 0.15) is 6.10 Å². The van der Waals surface area contributed by atoms with Crippen LogP contribution in [0.25, 0.3) is 0 Å². The average molecular weight is 140 g/mol. The van der Waals surface area contributed by atoms with Crippen LogP contribution in [0.2, 0.25) is 0 Å². The van der Waals surface area contributed by atoms with Gasteiger partial charge in [-0.15, -0.1) is 0 Å². The van der Waals surface area contributed by atoms with Gasteiger partial charge in [0.25, 0.3) is 0 Å². The number of carbonyl (C=O) groups excluding carboxylic acids is 1. The number of ether oxygens (including phenoxy) is 1. The summed E-state index contributed by atoms with van der Waals surface area (Å²) in [6.45, 7) is 5.73. The molecule has 56 valence electrons. The highest BCUT2D eigenvalue weighted by atomic mass is 16.5. The maximum atomic E-state index is 10.9. The van der Waals surface area contributed by atoms with E-state index in [4.69, 9.17) is 4.74 Å². The predicted molar refractivity (Wildman–Crippen MR) is 38.5 cm³/mol. The molecule has 0 bridgehead atoms. The van der Waals surface area contributed by atoms with Crippen molar-refractivity contribution in [3.05, 3.63) is 11.6 Å². The Morgan fingerprint density at radius 2 is 2.10 bits per heavy atom. The molecule has 0 saturated heterocycles. The number of cyclic esters (lactones) is 1. The topological polar surface area (TPSA) is 26.3 Å². The Hall–Kier alpha value is -0.790. The van der Waals surface area contributed by atoms with Crippen LogP contribution in [0.15, 0.2) is 11.6 Å². The van der Waals surface area contributed by atoms with E-state index in [1.807, 2.05) is 19.9 Å².